The molecule has 3 aromatic heterocycles. The summed E-state index contributed by atoms with van der Waals surface area (Å²) in [5, 5.41) is 9.78. The molecule has 2 aliphatic heterocycles. The second kappa shape index (κ2) is 20.1. The molecule has 2 N–H and O–H groups in total. The molecule has 0 saturated heterocycles. The van der Waals surface area contributed by atoms with Crippen LogP contribution in [0.15, 0.2) is 199 Å². The van der Waals surface area contributed by atoms with E-state index in [4.69, 9.17) is 30.1 Å². The number of aryl methyl sites for hydroxylation is 8. The Kier molecular flexibility index (Phi) is 12.5. The number of hydrogen-bond donors (Lipinski definition) is 2. The number of hydrogen-bond acceptors (Lipinski definition) is 6. The van der Waals surface area contributed by atoms with Gasteiger partial charge in [-0.15, -0.1) is 10.2 Å². The molecule has 8 aromatic carbocycles. The lowest BCUT2D eigenvalue weighted by molar-refractivity contribution is 1.10. The lowest BCUT2D eigenvalue weighted by Crippen LogP contribution is -2.04. The van der Waals surface area contributed by atoms with Crippen LogP contribution in [-0.2, 0) is 0 Å². The van der Waals surface area contributed by atoms with Crippen LogP contribution in [0.2, 0.25) is 0 Å². The molecular weight excluding hydrogens is 977 g/mol. The summed E-state index contributed by atoms with van der Waals surface area (Å²) in [7, 11) is 0. The van der Waals surface area contributed by atoms with Crippen molar-refractivity contribution in [1.29, 1.82) is 0 Å². The monoisotopic (exact) mass is 1030 g/mol. The maximum Gasteiger partial charge on any atom is 0.254 e. The molecule has 8 nitrogen and oxygen atoms in total. The number of aliphatic imine (C=N–C) groups is 1. The Labute approximate surface area is 466 Å². The normalized spacial score (nSPS) is 12.3. The van der Waals surface area contributed by atoms with Crippen molar-refractivity contribution in [2.75, 3.05) is 0 Å². The Bertz CT molecular complexity index is 4590. The highest BCUT2D eigenvalue weighted by atomic mass is 15.3. The van der Waals surface area contributed by atoms with Crippen molar-refractivity contribution >= 4 is 45.3 Å². The summed E-state index contributed by atoms with van der Waals surface area (Å²) in [6.45, 7) is 17.2. The zero-order valence-electron chi connectivity index (χ0n) is 46.2. The van der Waals surface area contributed by atoms with Gasteiger partial charge < -0.3 is 9.97 Å². The molecule has 5 heterocycles. The molecular formula is C72H58N8. The van der Waals surface area contributed by atoms with Gasteiger partial charge in [-0.1, -0.05) is 233 Å². The SMILES string of the molecule is Cc1cccc(C2=Nc3nc2c(-c2cccc(C)c2)c2[nH]c(c(-c4cccc(C)c4)c4nc(c(-c5cccc(C)c5)c5nnc(n3)[nH]5)C(c3cccc(C)c3)=C4c3cccc(C)c3)c(-c3cccc(C)c3)c2-c2cccc(C)c2)c1. The number of H-pyrrole nitrogens is 2. The number of nitrogens with zero attached hydrogens (tertiary/aromatic N) is 6. The number of aromatic nitrogens is 7. The lowest BCUT2D eigenvalue weighted by Gasteiger charge is -2.15. The summed E-state index contributed by atoms with van der Waals surface area (Å²) in [6.07, 6.45) is 0. The average Bonchev–Trinajstić information content (AvgIpc) is 4.38. The van der Waals surface area contributed by atoms with Crippen LogP contribution in [0.4, 0.5) is 5.95 Å². The van der Waals surface area contributed by atoms with Crippen molar-refractivity contribution in [3.05, 3.63) is 272 Å². The molecule has 13 rings (SSSR count). The van der Waals surface area contributed by atoms with Crippen molar-refractivity contribution in [1.82, 2.24) is 35.1 Å². The number of nitrogens with one attached hydrogen (secondary N) is 2. The van der Waals surface area contributed by atoms with E-state index in [2.05, 4.69) is 259 Å². The highest BCUT2D eigenvalue weighted by molar-refractivity contribution is 6.22. The Morgan fingerprint density at radius 2 is 0.625 bits per heavy atom. The molecule has 386 valence electrons. The van der Waals surface area contributed by atoms with Gasteiger partial charge in [0.15, 0.2) is 5.65 Å². The van der Waals surface area contributed by atoms with Gasteiger partial charge in [0.1, 0.15) is 11.4 Å². The molecule has 80 heavy (non-hydrogen) atoms. The van der Waals surface area contributed by atoms with Gasteiger partial charge in [0.05, 0.1) is 28.0 Å². The van der Waals surface area contributed by atoms with Crippen LogP contribution in [0.5, 0.6) is 0 Å². The van der Waals surface area contributed by atoms with Crippen molar-refractivity contribution in [3.63, 3.8) is 0 Å². The van der Waals surface area contributed by atoms with Gasteiger partial charge in [0.25, 0.3) is 11.7 Å². The smallest absolute Gasteiger partial charge is 0.254 e. The summed E-state index contributed by atoms with van der Waals surface area (Å²) >= 11 is 0. The quantitative estimate of drug-likeness (QED) is 0.158. The van der Waals surface area contributed by atoms with Crippen LogP contribution in [0.25, 0.3) is 89.2 Å². The fraction of sp³-hybridized carbons (Fsp3) is 0.111. The molecule has 0 unspecified atom stereocenters. The highest BCUT2D eigenvalue weighted by Gasteiger charge is 2.33. The fourth-order valence-corrected chi connectivity index (χ4v) is 11.7. The van der Waals surface area contributed by atoms with Gasteiger partial charge in [-0.05, 0) is 100 Å². The summed E-state index contributed by atoms with van der Waals surface area (Å²) in [5.74, 6) is 0.514. The Balaban J connectivity index is 1.39. The van der Waals surface area contributed by atoms with E-state index in [0.717, 1.165) is 150 Å². The summed E-state index contributed by atoms with van der Waals surface area (Å²) in [6, 6.07) is 69.9. The zero-order chi connectivity index (χ0) is 54.8. The van der Waals surface area contributed by atoms with E-state index in [1.165, 1.54) is 0 Å². The topological polar surface area (TPSA) is 108 Å². The molecule has 11 aromatic rings. The number of rotatable bonds is 8. The average molecular weight is 1040 g/mol. The van der Waals surface area contributed by atoms with Crippen molar-refractivity contribution < 1.29 is 0 Å². The molecule has 2 aliphatic rings. The van der Waals surface area contributed by atoms with Gasteiger partial charge in [-0.25, -0.2) is 15.0 Å². The van der Waals surface area contributed by atoms with Gasteiger partial charge >= 0.3 is 0 Å². The van der Waals surface area contributed by atoms with E-state index in [-0.39, 0.29) is 11.7 Å². The third-order valence-corrected chi connectivity index (χ3v) is 15.2. The van der Waals surface area contributed by atoms with Crippen LogP contribution < -0.4 is 0 Å². The first-order valence-corrected chi connectivity index (χ1v) is 27.3. The molecule has 0 spiro atoms. The lowest BCUT2D eigenvalue weighted by atomic mass is 9.86. The minimum atomic E-state index is 0.249. The molecule has 0 radical (unpaired) electrons. The molecule has 0 amide bonds. The van der Waals surface area contributed by atoms with Crippen molar-refractivity contribution in [2.24, 2.45) is 4.99 Å². The van der Waals surface area contributed by atoms with E-state index < -0.39 is 0 Å². The minimum Gasteiger partial charge on any atom is -0.353 e. The first kappa shape index (κ1) is 49.6. The number of fused-ring (bicyclic) bond motifs is 8. The van der Waals surface area contributed by atoms with Crippen LogP contribution in [0, 0.1) is 55.4 Å². The third-order valence-electron chi connectivity index (χ3n) is 15.2. The zero-order valence-corrected chi connectivity index (χ0v) is 46.2. The predicted octanol–water partition coefficient (Wildman–Crippen LogP) is 17.5. The van der Waals surface area contributed by atoms with Gasteiger partial charge in [0, 0.05) is 39.0 Å². The standard InChI is InChI=1S/C72H58N8/c1-41-17-9-25-49(33-41)57-58(50-26-10-18-42(2)34-50)67-62(54-30-14-22-46(6)38-54)69-64(56-32-16-24-48(8)40-56)75-71(76-69)78-72-77-70(79-80-72)63(55-31-15-23-47(7)39-55)68-60(52-28-12-20-44(4)36-52)59(51-27-11-19-43(3)35-51)66(74-68)61(65(57)73-67)53-29-13-21-45(5)37-53/h9-40,73H,1-8H3,(H,75,76,77,78,79,80). The van der Waals surface area contributed by atoms with E-state index in [0.29, 0.717) is 17.1 Å². The van der Waals surface area contributed by atoms with E-state index >= 15 is 0 Å². The number of aromatic amines is 2. The molecule has 8 heteroatoms. The largest absolute Gasteiger partial charge is 0.353 e. The third kappa shape index (κ3) is 9.14. The maximum absolute atomic E-state index is 6.18. The number of benzene rings is 8. The van der Waals surface area contributed by atoms with Crippen LogP contribution in [0.1, 0.15) is 78.3 Å². The van der Waals surface area contributed by atoms with Crippen LogP contribution in [0.3, 0.4) is 0 Å². The maximum atomic E-state index is 6.18. The first-order valence-electron chi connectivity index (χ1n) is 27.3. The summed E-state index contributed by atoms with van der Waals surface area (Å²) in [4.78, 5) is 30.2. The molecule has 0 saturated carbocycles. The first-order chi connectivity index (χ1) is 38.9. The highest BCUT2D eigenvalue weighted by Crippen LogP contribution is 2.51. The second-order valence-corrected chi connectivity index (χ2v) is 21.6. The molecule has 0 fully saturated rings. The Morgan fingerprint density at radius 1 is 0.287 bits per heavy atom. The Hall–Kier alpha value is -9.92. The summed E-state index contributed by atoms with van der Waals surface area (Å²) in [5.41, 5.74) is 28.7. The van der Waals surface area contributed by atoms with E-state index in [1.54, 1.807) is 0 Å². The van der Waals surface area contributed by atoms with Crippen molar-refractivity contribution in [2.45, 2.75) is 55.4 Å². The van der Waals surface area contributed by atoms with Crippen molar-refractivity contribution in [3.8, 4) is 55.6 Å². The fourth-order valence-electron chi connectivity index (χ4n) is 11.7. The van der Waals surface area contributed by atoms with Gasteiger partial charge in [0.2, 0.25) is 0 Å². The van der Waals surface area contributed by atoms with Gasteiger partial charge in [-0.3, -0.25) is 0 Å². The minimum absolute atomic E-state index is 0.249. The Morgan fingerprint density at radius 3 is 1.05 bits per heavy atom. The molecule has 8 bridgehead atoms. The van der Waals surface area contributed by atoms with Gasteiger partial charge in [-0.2, -0.15) is 4.98 Å². The van der Waals surface area contributed by atoms with E-state index in [1.807, 2.05) is 0 Å². The molecule has 0 aliphatic carbocycles. The second-order valence-electron chi connectivity index (χ2n) is 21.6. The summed E-state index contributed by atoms with van der Waals surface area (Å²) < 4.78 is 0. The van der Waals surface area contributed by atoms with E-state index in [9.17, 15) is 0 Å². The predicted molar refractivity (Wildman–Crippen MR) is 329 cm³/mol. The van der Waals surface area contributed by atoms with Crippen LogP contribution >= 0.6 is 0 Å². The van der Waals surface area contributed by atoms with Crippen LogP contribution in [-0.4, -0.2) is 40.8 Å². The molecule has 0 atom stereocenters.